The molecule has 116 valence electrons. The second-order valence-corrected chi connectivity index (χ2v) is 7.81. The molecule has 2 heterocycles. The van der Waals surface area contributed by atoms with E-state index in [1.165, 1.54) is 24.9 Å². The summed E-state index contributed by atoms with van der Waals surface area (Å²) >= 11 is 7.14. The van der Waals surface area contributed by atoms with Gasteiger partial charge in [-0.3, -0.25) is 4.90 Å². The average molecular weight is 418 g/mol. The van der Waals surface area contributed by atoms with Crippen molar-refractivity contribution in [1.82, 2.24) is 10.2 Å². The molecule has 2 aliphatic heterocycles. The summed E-state index contributed by atoms with van der Waals surface area (Å²) in [5, 5.41) is 3.61. The molecular weight excluding hydrogens is 396 g/mol. The van der Waals surface area contributed by atoms with Crippen LogP contribution in [0.4, 0.5) is 0 Å². The van der Waals surface area contributed by atoms with Crippen molar-refractivity contribution in [3.8, 4) is 0 Å². The van der Waals surface area contributed by atoms with E-state index in [4.69, 9.17) is 4.74 Å². The molecule has 3 unspecified atom stereocenters. The number of benzene rings is 1. The van der Waals surface area contributed by atoms with Crippen LogP contribution in [0.25, 0.3) is 0 Å². The number of nitrogens with zero attached hydrogens (tertiary/aromatic N) is 1. The fraction of sp³-hybridized carbons (Fsp3) is 0.625. The maximum atomic E-state index is 6.00. The Morgan fingerprint density at radius 2 is 2.29 bits per heavy atom. The zero-order valence-corrected chi connectivity index (χ0v) is 15.5. The van der Waals surface area contributed by atoms with E-state index in [0.29, 0.717) is 18.2 Å². The Kier molecular flexibility index (Phi) is 5.38. The molecule has 3 rings (SSSR count). The van der Waals surface area contributed by atoms with Crippen LogP contribution in [0.1, 0.15) is 31.4 Å². The third-order valence-electron chi connectivity index (χ3n) is 4.54. The molecule has 0 aliphatic carbocycles. The minimum Gasteiger partial charge on any atom is -0.374 e. The first kappa shape index (κ1) is 15.9. The highest BCUT2D eigenvalue weighted by Gasteiger charge is 2.32. The van der Waals surface area contributed by atoms with Gasteiger partial charge in [-0.15, -0.1) is 0 Å². The number of halogens is 2. The van der Waals surface area contributed by atoms with Crippen LogP contribution in [0.15, 0.2) is 27.1 Å². The molecule has 21 heavy (non-hydrogen) atoms. The zero-order chi connectivity index (χ0) is 14.8. The molecule has 0 saturated carbocycles. The number of nitrogens with one attached hydrogen (secondary N) is 1. The van der Waals surface area contributed by atoms with Crippen LogP contribution in [-0.4, -0.2) is 43.3 Å². The SMILES string of the molecule is CC(NCC1CN2CCCC2CO1)c1ccc(Br)cc1Br. The minimum absolute atomic E-state index is 0.312. The van der Waals surface area contributed by atoms with Gasteiger partial charge in [0.15, 0.2) is 0 Å². The predicted molar refractivity (Wildman–Crippen MR) is 92.6 cm³/mol. The highest BCUT2D eigenvalue weighted by atomic mass is 79.9. The Bertz CT molecular complexity index is 497. The molecule has 0 bridgehead atoms. The summed E-state index contributed by atoms with van der Waals surface area (Å²) in [6, 6.07) is 7.33. The van der Waals surface area contributed by atoms with E-state index in [9.17, 15) is 0 Å². The van der Waals surface area contributed by atoms with Crippen LogP contribution in [0.3, 0.4) is 0 Å². The van der Waals surface area contributed by atoms with E-state index in [1.807, 2.05) is 0 Å². The van der Waals surface area contributed by atoms with Crippen molar-refractivity contribution >= 4 is 31.9 Å². The number of morpholine rings is 1. The molecule has 3 nitrogen and oxygen atoms in total. The van der Waals surface area contributed by atoms with E-state index in [2.05, 4.69) is 67.2 Å². The Morgan fingerprint density at radius 3 is 3.10 bits per heavy atom. The molecule has 1 aromatic rings. The number of ether oxygens (including phenoxy) is 1. The van der Waals surface area contributed by atoms with Gasteiger partial charge in [0.05, 0.1) is 12.7 Å². The summed E-state index contributed by atoms with van der Waals surface area (Å²) in [5.41, 5.74) is 1.29. The Hall–Kier alpha value is 0.0600. The van der Waals surface area contributed by atoms with Crippen molar-refractivity contribution in [2.45, 2.75) is 38.0 Å². The monoisotopic (exact) mass is 416 g/mol. The highest BCUT2D eigenvalue weighted by Crippen LogP contribution is 2.27. The normalized spacial score (nSPS) is 27.6. The van der Waals surface area contributed by atoms with E-state index in [1.54, 1.807) is 0 Å². The molecule has 5 heteroatoms. The van der Waals surface area contributed by atoms with Crippen molar-refractivity contribution in [3.05, 3.63) is 32.7 Å². The molecule has 2 fully saturated rings. The standard InChI is InChI=1S/C16H22Br2N2O/c1-11(15-5-4-12(17)7-16(15)18)19-8-14-9-20-6-2-3-13(20)10-21-14/h4-5,7,11,13-14,19H,2-3,6,8-10H2,1H3. The van der Waals surface area contributed by atoms with Gasteiger partial charge in [-0.25, -0.2) is 0 Å². The van der Waals surface area contributed by atoms with Crippen molar-refractivity contribution in [2.75, 3.05) is 26.2 Å². The second-order valence-electron chi connectivity index (χ2n) is 6.04. The molecule has 0 amide bonds. The fourth-order valence-corrected chi connectivity index (χ4v) is 4.67. The van der Waals surface area contributed by atoms with Crippen molar-refractivity contribution < 1.29 is 4.74 Å². The van der Waals surface area contributed by atoms with Crippen LogP contribution < -0.4 is 5.32 Å². The maximum absolute atomic E-state index is 6.00. The molecule has 1 aromatic carbocycles. The molecular formula is C16H22Br2N2O. The molecule has 2 saturated heterocycles. The lowest BCUT2D eigenvalue weighted by Crippen LogP contribution is -2.49. The van der Waals surface area contributed by atoms with Gasteiger partial charge in [0, 0.05) is 34.1 Å². The molecule has 3 atom stereocenters. The largest absolute Gasteiger partial charge is 0.374 e. The quantitative estimate of drug-likeness (QED) is 0.807. The van der Waals surface area contributed by atoms with Crippen LogP contribution in [0.5, 0.6) is 0 Å². The molecule has 0 aromatic heterocycles. The van der Waals surface area contributed by atoms with Gasteiger partial charge in [-0.05, 0) is 44.0 Å². The zero-order valence-electron chi connectivity index (χ0n) is 12.3. The number of hydrogen-bond donors (Lipinski definition) is 1. The predicted octanol–water partition coefficient (Wildman–Crippen LogP) is 3.73. The lowest BCUT2D eigenvalue weighted by atomic mass is 10.1. The molecule has 0 radical (unpaired) electrons. The summed E-state index contributed by atoms with van der Waals surface area (Å²) in [6.45, 7) is 6.34. The number of rotatable bonds is 4. The average Bonchev–Trinajstić information content (AvgIpc) is 2.92. The maximum Gasteiger partial charge on any atom is 0.0827 e. The summed E-state index contributed by atoms with van der Waals surface area (Å²) in [4.78, 5) is 2.59. The number of hydrogen-bond acceptors (Lipinski definition) is 3. The smallest absolute Gasteiger partial charge is 0.0827 e. The summed E-state index contributed by atoms with van der Waals surface area (Å²) in [7, 11) is 0. The van der Waals surface area contributed by atoms with Crippen LogP contribution >= 0.6 is 31.9 Å². The first-order valence-electron chi connectivity index (χ1n) is 7.67. The van der Waals surface area contributed by atoms with E-state index < -0.39 is 0 Å². The van der Waals surface area contributed by atoms with Crippen LogP contribution in [-0.2, 0) is 4.74 Å². The van der Waals surface area contributed by atoms with Crippen molar-refractivity contribution in [3.63, 3.8) is 0 Å². The van der Waals surface area contributed by atoms with E-state index in [0.717, 1.165) is 28.6 Å². The lowest BCUT2D eigenvalue weighted by molar-refractivity contribution is -0.0477. The number of fused-ring (bicyclic) bond motifs is 1. The molecule has 1 N–H and O–H groups in total. The fourth-order valence-electron chi connectivity index (χ4n) is 3.28. The van der Waals surface area contributed by atoms with Crippen LogP contribution in [0.2, 0.25) is 0 Å². The van der Waals surface area contributed by atoms with Gasteiger partial charge in [-0.1, -0.05) is 37.9 Å². The van der Waals surface area contributed by atoms with Gasteiger partial charge in [-0.2, -0.15) is 0 Å². The topological polar surface area (TPSA) is 24.5 Å². The van der Waals surface area contributed by atoms with E-state index in [-0.39, 0.29) is 0 Å². The Morgan fingerprint density at radius 1 is 1.43 bits per heavy atom. The van der Waals surface area contributed by atoms with Crippen molar-refractivity contribution in [1.29, 1.82) is 0 Å². The van der Waals surface area contributed by atoms with Gasteiger partial charge in [0.2, 0.25) is 0 Å². The first-order chi connectivity index (χ1) is 10.1. The highest BCUT2D eigenvalue weighted by molar-refractivity contribution is 9.11. The third kappa shape index (κ3) is 3.88. The first-order valence-corrected chi connectivity index (χ1v) is 9.26. The minimum atomic E-state index is 0.312. The summed E-state index contributed by atoms with van der Waals surface area (Å²) in [5.74, 6) is 0. The third-order valence-corrected chi connectivity index (χ3v) is 5.72. The Balaban J connectivity index is 1.52. The molecule has 2 aliphatic rings. The van der Waals surface area contributed by atoms with Gasteiger partial charge in [0.25, 0.3) is 0 Å². The van der Waals surface area contributed by atoms with Gasteiger partial charge < -0.3 is 10.1 Å². The van der Waals surface area contributed by atoms with Crippen LogP contribution in [0, 0.1) is 0 Å². The second kappa shape index (κ2) is 7.09. The summed E-state index contributed by atoms with van der Waals surface area (Å²) in [6.07, 6.45) is 2.95. The van der Waals surface area contributed by atoms with Gasteiger partial charge >= 0.3 is 0 Å². The van der Waals surface area contributed by atoms with Gasteiger partial charge in [0.1, 0.15) is 0 Å². The Labute approximate surface area is 143 Å². The summed E-state index contributed by atoms with van der Waals surface area (Å²) < 4.78 is 8.24. The lowest BCUT2D eigenvalue weighted by Gasteiger charge is -2.35. The van der Waals surface area contributed by atoms with E-state index >= 15 is 0 Å². The van der Waals surface area contributed by atoms with Crippen molar-refractivity contribution in [2.24, 2.45) is 0 Å². The molecule has 0 spiro atoms.